The maximum atomic E-state index is 13.0. The third-order valence-corrected chi connectivity index (χ3v) is 2.57. The van der Waals surface area contributed by atoms with E-state index in [2.05, 4.69) is 20.5 Å². The summed E-state index contributed by atoms with van der Waals surface area (Å²) in [6.07, 6.45) is 2.53. The number of aromatic nitrogens is 4. The third kappa shape index (κ3) is 2.84. The second-order valence-electron chi connectivity index (χ2n) is 3.80. The molecule has 0 unspecified atom stereocenters. The van der Waals surface area contributed by atoms with Gasteiger partial charge < -0.3 is 15.6 Å². The Labute approximate surface area is 108 Å². The van der Waals surface area contributed by atoms with Gasteiger partial charge in [0.05, 0.1) is 18.3 Å². The predicted octanol–water partition coefficient (Wildman–Crippen LogP) is 0.344. The van der Waals surface area contributed by atoms with Crippen LogP contribution in [-0.4, -0.2) is 25.7 Å². The number of amides is 1. The number of aryl methyl sites for hydroxylation is 1. The normalized spacial score (nSPS) is 10.4. The lowest BCUT2D eigenvalue weighted by atomic mass is 10.2. The molecule has 2 heterocycles. The summed E-state index contributed by atoms with van der Waals surface area (Å²) in [5, 5.41) is 10.2. The lowest BCUT2D eigenvalue weighted by molar-refractivity contribution is 0.0949. The molecule has 0 aliphatic heterocycles. The fourth-order valence-corrected chi connectivity index (χ4v) is 1.57. The highest BCUT2D eigenvalue weighted by atomic mass is 19.1. The largest absolute Gasteiger partial charge is 0.383 e. The number of hydrogen-bond donors (Lipinski definition) is 2. The quantitative estimate of drug-likeness (QED) is 0.829. The van der Waals surface area contributed by atoms with Crippen LogP contribution < -0.4 is 11.1 Å². The summed E-state index contributed by atoms with van der Waals surface area (Å²) < 4.78 is 14.8. The van der Waals surface area contributed by atoms with Gasteiger partial charge in [-0.25, -0.2) is 9.37 Å². The van der Waals surface area contributed by atoms with Gasteiger partial charge in [-0.2, -0.15) is 0 Å². The average Bonchev–Trinajstić information content (AvgIpc) is 2.86. The number of nitrogens with one attached hydrogen (secondary N) is 1. The molecule has 0 saturated heterocycles. The molecule has 7 nitrogen and oxygen atoms in total. The Hall–Kier alpha value is -2.51. The molecule has 8 heteroatoms. The van der Waals surface area contributed by atoms with Crippen LogP contribution in [0.15, 0.2) is 18.6 Å². The zero-order valence-corrected chi connectivity index (χ0v) is 10.3. The van der Waals surface area contributed by atoms with Crippen LogP contribution >= 0.6 is 0 Å². The fourth-order valence-electron chi connectivity index (χ4n) is 1.57. The number of nitrogen functional groups attached to an aromatic ring is 1. The van der Waals surface area contributed by atoms with Gasteiger partial charge in [-0.15, -0.1) is 10.2 Å². The Morgan fingerprint density at radius 2 is 2.37 bits per heavy atom. The molecular weight excluding hydrogens is 251 g/mol. The van der Waals surface area contributed by atoms with Gasteiger partial charge in [0.25, 0.3) is 5.91 Å². The predicted molar refractivity (Wildman–Crippen MR) is 65.5 cm³/mol. The van der Waals surface area contributed by atoms with Gasteiger partial charge in [0.1, 0.15) is 18.0 Å². The minimum Gasteiger partial charge on any atom is -0.383 e. The first kappa shape index (κ1) is 12.9. The first-order valence-corrected chi connectivity index (χ1v) is 5.67. The van der Waals surface area contributed by atoms with Crippen LogP contribution in [0.25, 0.3) is 0 Å². The molecule has 100 valence electrons. The van der Waals surface area contributed by atoms with Crippen molar-refractivity contribution in [2.24, 2.45) is 0 Å². The Kier molecular flexibility index (Phi) is 3.69. The van der Waals surface area contributed by atoms with E-state index < -0.39 is 11.7 Å². The summed E-state index contributed by atoms with van der Waals surface area (Å²) in [4.78, 5) is 15.4. The first-order valence-electron chi connectivity index (χ1n) is 5.67. The molecule has 0 fully saturated rings. The number of anilines is 1. The summed E-state index contributed by atoms with van der Waals surface area (Å²) in [5.74, 6) is -0.527. The van der Waals surface area contributed by atoms with Crippen molar-refractivity contribution in [1.82, 2.24) is 25.1 Å². The van der Waals surface area contributed by atoms with Crippen molar-refractivity contribution in [3.8, 4) is 0 Å². The molecule has 0 radical (unpaired) electrons. The highest BCUT2D eigenvalue weighted by Crippen LogP contribution is 2.09. The van der Waals surface area contributed by atoms with Gasteiger partial charge in [0, 0.05) is 6.54 Å². The molecule has 2 aromatic rings. The third-order valence-electron chi connectivity index (χ3n) is 2.57. The molecule has 0 aliphatic rings. The molecule has 0 bridgehead atoms. The molecule has 0 aromatic carbocycles. The van der Waals surface area contributed by atoms with Crippen molar-refractivity contribution in [3.63, 3.8) is 0 Å². The Bertz CT molecular complexity index is 597. The molecular formula is C11H13FN6O. The first-order chi connectivity index (χ1) is 9.11. The van der Waals surface area contributed by atoms with Crippen molar-refractivity contribution in [3.05, 3.63) is 35.8 Å². The highest BCUT2D eigenvalue weighted by molar-refractivity contribution is 5.98. The monoisotopic (exact) mass is 264 g/mol. The lowest BCUT2D eigenvalue weighted by Gasteiger charge is -2.07. The van der Waals surface area contributed by atoms with Gasteiger partial charge in [0.15, 0.2) is 5.82 Å². The minimum absolute atomic E-state index is 0.00237. The summed E-state index contributed by atoms with van der Waals surface area (Å²) >= 11 is 0. The fraction of sp³-hybridized carbons (Fsp3) is 0.273. The number of nitrogens with zero attached hydrogens (tertiary/aromatic N) is 4. The van der Waals surface area contributed by atoms with E-state index in [0.717, 1.165) is 12.3 Å². The molecule has 1 amide bonds. The minimum atomic E-state index is -0.615. The molecule has 19 heavy (non-hydrogen) atoms. The van der Waals surface area contributed by atoms with Gasteiger partial charge in [-0.1, -0.05) is 0 Å². The summed E-state index contributed by atoms with van der Waals surface area (Å²) in [6.45, 7) is 2.81. The second kappa shape index (κ2) is 5.42. The SMILES string of the molecule is CCn1cnnc1CNC(=O)c1cc(F)cnc1N. The Morgan fingerprint density at radius 1 is 1.58 bits per heavy atom. The maximum Gasteiger partial charge on any atom is 0.255 e. The number of carbonyl (C=O) groups is 1. The van der Waals surface area contributed by atoms with Crippen molar-refractivity contribution < 1.29 is 9.18 Å². The Balaban J connectivity index is 2.07. The van der Waals surface area contributed by atoms with E-state index in [9.17, 15) is 9.18 Å². The van der Waals surface area contributed by atoms with E-state index in [4.69, 9.17) is 5.73 Å². The van der Waals surface area contributed by atoms with E-state index >= 15 is 0 Å². The Morgan fingerprint density at radius 3 is 3.11 bits per heavy atom. The number of carbonyl (C=O) groups excluding carboxylic acids is 1. The molecule has 0 saturated carbocycles. The molecule has 0 atom stereocenters. The van der Waals surface area contributed by atoms with Crippen LogP contribution in [-0.2, 0) is 13.1 Å². The second-order valence-corrected chi connectivity index (χ2v) is 3.80. The zero-order chi connectivity index (χ0) is 13.8. The number of halogens is 1. The standard InChI is InChI=1S/C11H13FN6O/c1-2-18-6-16-17-9(18)5-15-11(19)8-3-7(12)4-14-10(8)13/h3-4,6H,2,5H2,1H3,(H2,13,14)(H,15,19). The van der Waals surface area contributed by atoms with Crippen molar-refractivity contribution >= 4 is 11.7 Å². The van der Waals surface area contributed by atoms with E-state index in [1.807, 2.05) is 6.92 Å². The summed E-state index contributed by atoms with van der Waals surface area (Å²) in [7, 11) is 0. The van der Waals surface area contributed by atoms with E-state index in [-0.39, 0.29) is 17.9 Å². The van der Waals surface area contributed by atoms with Gasteiger partial charge in [-0.3, -0.25) is 4.79 Å². The van der Waals surface area contributed by atoms with Crippen molar-refractivity contribution in [2.45, 2.75) is 20.0 Å². The van der Waals surface area contributed by atoms with Crippen LogP contribution in [0.1, 0.15) is 23.1 Å². The van der Waals surface area contributed by atoms with Crippen LogP contribution in [0.4, 0.5) is 10.2 Å². The van der Waals surface area contributed by atoms with E-state index in [1.165, 1.54) is 0 Å². The molecule has 0 aliphatic carbocycles. The number of nitrogens with two attached hydrogens (primary N) is 1. The van der Waals surface area contributed by atoms with Crippen LogP contribution in [0, 0.1) is 5.82 Å². The highest BCUT2D eigenvalue weighted by Gasteiger charge is 2.13. The number of hydrogen-bond acceptors (Lipinski definition) is 5. The number of pyridine rings is 1. The topological polar surface area (TPSA) is 98.7 Å². The van der Waals surface area contributed by atoms with E-state index in [1.54, 1.807) is 10.9 Å². The van der Waals surface area contributed by atoms with Crippen LogP contribution in [0.5, 0.6) is 0 Å². The van der Waals surface area contributed by atoms with Gasteiger partial charge in [0.2, 0.25) is 0 Å². The van der Waals surface area contributed by atoms with Crippen LogP contribution in [0.2, 0.25) is 0 Å². The van der Waals surface area contributed by atoms with Crippen molar-refractivity contribution in [1.29, 1.82) is 0 Å². The zero-order valence-electron chi connectivity index (χ0n) is 10.3. The molecule has 0 spiro atoms. The number of rotatable bonds is 4. The van der Waals surface area contributed by atoms with Crippen molar-refractivity contribution in [2.75, 3.05) is 5.73 Å². The average molecular weight is 264 g/mol. The van der Waals surface area contributed by atoms with Gasteiger partial charge >= 0.3 is 0 Å². The van der Waals surface area contributed by atoms with Gasteiger partial charge in [-0.05, 0) is 13.0 Å². The summed E-state index contributed by atoms with van der Waals surface area (Å²) in [6, 6.07) is 1.04. The molecule has 3 N–H and O–H groups in total. The summed E-state index contributed by atoms with van der Waals surface area (Å²) in [5.41, 5.74) is 5.53. The molecule has 2 rings (SSSR count). The molecule has 2 aromatic heterocycles. The maximum absolute atomic E-state index is 13.0. The smallest absolute Gasteiger partial charge is 0.255 e. The lowest BCUT2D eigenvalue weighted by Crippen LogP contribution is -2.26. The van der Waals surface area contributed by atoms with Crippen LogP contribution in [0.3, 0.4) is 0 Å². The van der Waals surface area contributed by atoms with E-state index in [0.29, 0.717) is 12.4 Å².